The Morgan fingerprint density at radius 3 is 2.63 bits per heavy atom. The van der Waals surface area contributed by atoms with Gasteiger partial charge in [0.1, 0.15) is 5.82 Å². The van der Waals surface area contributed by atoms with Gasteiger partial charge in [-0.2, -0.15) is 13.2 Å². The summed E-state index contributed by atoms with van der Waals surface area (Å²) < 4.78 is 67.1. The lowest BCUT2D eigenvalue weighted by atomic mass is 10.0. The zero-order valence-corrected chi connectivity index (χ0v) is 22.8. The number of anilines is 1. The molecule has 2 heterocycles. The third-order valence-electron chi connectivity index (χ3n) is 7.02. The first-order valence-corrected chi connectivity index (χ1v) is 13.3. The highest BCUT2D eigenvalue weighted by molar-refractivity contribution is 6.26. The van der Waals surface area contributed by atoms with E-state index >= 15 is 0 Å². The molecule has 2 aromatic carbocycles. The monoisotopic (exact) mass is 592 g/mol. The van der Waals surface area contributed by atoms with Crippen LogP contribution in [0.15, 0.2) is 77.6 Å². The molecule has 0 unspecified atom stereocenters. The van der Waals surface area contributed by atoms with Crippen molar-refractivity contribution in [1.82, 2.24) is 10.3 Å². The maximum Gasteiger partial charge on any atom is 0.417 e. The van der Waals surface area contributed by atoms with Gasteiger partial charge in [0.05, 0.1) is 17.2 Å². The third-order valence-corrected chi connectivity index (χ3v) is 7.02. The average molecular weight is 593 g/mol. The smallest absolute Gasteiger partial charge is 0.366 e. The molecule has 2 N–H and O–H groups in total. The molecule has 0 bridgehead atoms. The fourth-order valence-electron chi connectivity index (χ4n) is 4.77. The van der Waals surface area contributed by atoms with Crippen LogP contribution in [0.2, 0.25) is 0 Å². The fraction of sp³-hybridized carbons (Fsp3) is 0.188. The van der Waals surface area contributed by atoms with Gasteiger partial charge in [0.25, 0.3) is 5.91 Å². The number of allylic oxidation sites excluding steroid dienone is 3. The lowest BCUT2D eigenvalue weighted by Gasteiger charge is -2.17. The number of benzene rings is 2. The van der Waals surface area contributed by atoms with Crippen LogP contribution in [-0.4, -0.2) is 29.4 Å². The molecule has 0 fully saturated rings. The first-order chi connectivity index (χ1) is 20.5. The largest absolute Gasteiger partial charge is 0.417 e. The molecular weight excluding hydrogens is 567 g/mol. The van der Waals surface area contributed by atoms with Crippen molar-refractivity contribution in [2.75, 3.05) is 11.9 Å². The molecule has 1 atom stereocenters. The minimum atomic E-state index is -4.74. The Bertz CT molecular complexity index is 1720. The first-order valence-electron chi connectivity index (χ1n) is 13.3. The zero-order valence-electron chi connectivity index (χ0n) is 22.8. The Kier molecular flexibility index (Phi) is 8.33. The number of aliphatic imine (C=N–C) groups is 1. The van der Waals surface area contributed by atoms with Crippen molar-refractivity contribution in [2.24, 2.45) is 4.99 Å². The van der Waals surface area contributed by atoms with Crippen molar-refractivity contribution < 1.29 is 31.5 Å². The topological polar surface area (TPSA) is 83.5 Å². The number of nitrogens with zero attached hydrogens (tertiary/aromatic N) is 2. The van der Waals surface area contributed by atoms with Crippen LogP contribution in [0.25, 0.3) is 11.6 Å². The van der Waals surface area contributed by atoms with Gasteiger partial charge in [-0.05, 0) is 59.0 Å². The van der Waals surface area contributed by atoms with E-state index in [9.17, 15) is 31.5 Å². The molecule has 0 radical (unpaired) electrons. The number of rotatable bonds is 8. The lowest BCUT2D eigenvalue weighted by Crippen LogP contribution is -2.28. The van der Waals surface area contributed by atoms with Gasteiger partial charge in [-0.3, -0.25) is 14.6 Å². The SMILES string of the molecule is C[C@H](NC(=O)c1cc(C(F)(F)F)cnc1NC/C=C/c1ccc2c(c1)CC(=O)/C2=C\C1=CN=CC1)c1ccc(F)c(F)c1. The number of hydrogen-bond donors (Lipinski definition) is 2. The molecule has 2 aliphatic rings. The Labute approximate surface area is 243 Å². The molecule has 220 valence electrons. The van der Waals surface area contributed by atoms with Gasteiger partial charge in [-0.1, -0.05) is 36.4 Å². The molecule has 3 aromatic rings. The van der Waals surface area contributed by atoms with Crippen LogP contribution in [0.3, 0.4) is 0 Å². The van der Waals surface area contributed by atoms with Gasteiger partial charge in [0.15, 0.2) is 17.4 Å². The number of ketones is 1. The third kappa shape index (κ3) is 6.77. The van der Waals surface area contributed by atoms with Crippen LogP contribution in [0.1, 0.15) is 57.6 Å². The van der Waals surface area contributed by atoms with Crippen LogP contribution >= 0.6 is 0 Å². The van der Waals surface area contributed by atoms with Crippen molar-refractivity contribution in [2.45, 2.75) is 32.0 Å². The number of halogens is 5. The number of aromatic nitrogens is 1. The second kappa shape index (κ2) is 12.1. The summed E-state index contributed by atoms with van der Waals surface area (Å²) in [5.41, 5.74) is 2.95. The van der Waals surface area contributed by atoms with Crippen LogP contribution in [0.5, 0.6) is 0 Å². The molecule has 1 aliphatic carbocycles. The Morgan fingerprint density at radius 2 is 1.91 bits per heavy atom. The summed E-state index contributed by atoms with van der Waals surface area (Å²) in [5.74, 6) is -3.12. The predicted molar refractivity (Wildman–Crippen MR) is 153 cm³/mol. The van der Waals surface area contributed by atoms with Crippen molar-refractivity contribution in [3.05, 3.63) is 118 Å². The number of fused-ring (bicyclic) bond motifs is 1. The standard InChI is InChI=1S/C32H25F5N4O2/c1-18(21-5-7-27(33)28(34)13-21)41-31(43)26-15-23(32(35,36)37)17-40-30(26)39-9-2-3-19-4-6-24-22(11-19)14-29(42)25(24)12-20-8-10-38-16-20/h2-7,10-13,15-18H,8-9,14H2,1H3,(H,39,40)(H,41,43)/b3-2+,25-12-/t18-/m0/s1. The van der Waals surface area contributed by atoms with Crippen molar-refractivity contribution in [1.29, 1.82) is 0 Å². The van der Waals surface area contributed by atoms with Crippen LogP contribution in [0.4, 0.5) is 27.8 Å². The number of hydrogen-bond acceptors (Lipinski definition) is 5. The van der Waals surface area contributed by atoms with Crippen LogP contribution in [-0.2, 0) is 17.4 Å². The quantitative estimate of drug-likeness (QED) is 0.221. The van der Waals surface area contributed by atoms with Crippen molar-refractivity contribution >= 4 is 35.4 Å². The number of Topliss-reactive ketones (excluding diaryl/α,β-unsaturated/α-hetero) is 1. The first kappa shape index (κ1) is 29.6. The van der Waals surface area contributed by atoms with E-state index < -0.39 is 35.3 Å². The number of nitrogens with one attached hydrogen (secondary N) is 2. The van der Waals surface area contributed by atoms with Gasteiger partial charge in [0.2, 0.25) is 0 Å². The maximum absolute atomic E-state index is 13.7. The van der Waals surface area contributed by atoms with E-state index in [1.54, 1.807) is 24.6 Å². The lowest BCUT2D eigenvalue weighted by molar-refractivity contribution is -0.137. The summed E-state index contributed by atoms with van der Waals surface area (Å²) >= 11 is 0. The van der Waals surface area contributed by atoms with E-state index in [1.165, 1.54) is 13.0 Å². The van der Waals surface area contributed by atoms with Gasteiger partial charge in [0, 0.05) is 43.6 Å². The van der Waals surface area contributed by atoms with Crippen molar-refractivity contribution in [3.8, 4) is 0 Å². The molecule has 1 amide bonds. The number of amides is 1. The molecule has 1 aliphatic heterocycles. The van der Waals surface area contributed by atoms with E-state index in [1.807, 2.05) is 24.3 Å². The summed E-state index contributed by atoms with van der Waals surface area (Å²) in [6.07, 6.45) is 5.72. The average Bonchev–Trinajstić information content (AvgIpc) is 3.59. The number of alkyl halides is 3. The van der Waals surface area contributed by atoms with Crippen LogP contribution < -0.4 is 10.6 Å². The second-order valence-electron chi connectivity index (χ2n) is 10.1. The Balaban J connectivity index is 1.29. The normalized spacial score (nSPS) is 16.1. The van der Waals surface area contributed by atoms with E-state index in [-0.39, 0.29) is 35.7 Å². The Hall–Kier alpha value is -4.93. The van der Waals surface area contributed by atoms with E-state index in [0.717, 1.165) is 34.4 Å². The Morgan fingerprint density at radius 1 is 1.09 bits per heavy atom. The highest BCUT2D eigenvalue weighted by atomic mass is 19.4. The predicted octanol–water partition coefficient (Wildman–Crippen LogP) is 6.86. The van der Waals surface area contributed by atoms with E-state index in [2.05, 4.69) is 20.6 Å². The number of carbonyl (C=O) groups excluding carboxylic acids is 2. The summed E-state index contributed by atoms with van der Waals surface area (Å²) in [7, 11) is 0. The van der Waals surface area contributed by atoms with Gasteiger partial charge >= 0.3 is 6.18 Å². The fourth-order valence-corrected chi connectivity index (χ4v) is 4.77. The summed E-state index contributed by atoms with van der Waals surface area (Å²) in [6, 6.07) is 8.56. The molecular formula is C32H25F5N4O2. The molecule has 5 rings (SSSR count). The van der Waals surface area contributed by atoms with E-state index in [4.69, 9.17) is 0 Å². The molecule has 11 heteroatoms. The number of carbonyl (C=O) groups is 2. The number of pyridine rings is 1. The van der Waals surface area contributed by atoms with Gasteiger partial charge < -0.3 is 10.6 Å². The molecule has 0 saturated carbocycles. The highest BCUT2D eigenvalue weighted by Crippen LogP contribution is 2.33. The zero-order chi connectivity index (χ0) is 30.7. The van der Waals surface area contributed by atoms with Gasteiger partial charge in [-0.15, -0.1) is 0 Å². The summed E-state index contributed by atoms with van der Waals surface area (Å²) in [4.78, 5) is 33.5. The molecule has 0 spiro atoms. The van der Waals surface area contributed by atoms with E-state index in [0.29, 0.717) is 24.3 Å². The second-order valence-corrected chi connectivity index (χ2v) is 10.1. The molecule has 0 saturated heterocycles. The van der Waals surface area contributed by atoms with Crippen LogP contribution in [0, 0.1) is 11.6 Å². The molecule has 1 aromatic heterocycles. The summed E-state index contributed by atoms with van der Waals surface area (Å²) in [6.45, 7) is 1.61. The minimum absolute atomic E-state index is 0.0312. The highest BCUT2D eigenvalue weighted by Gasteiger charge is 2.33. The summed E-state index contributed by atoms with van der Waals surface area (Å²) in [5, 5.41) is 5.37. The van der Waals surface area contributed by atoms with Crippen molar-refractivity contribution in [3.63, 3.8) is 0 Å². The minimum Gasteiger partial charge on any atom is -0.366 e. The maximum atomic E-state index is 13.7. The molecule has 43 heavy (non-hydrogen) atoms. The van der Waals surface area contributed by atoms with Gasteiger partial charge in [-0.25, -0.2) is 13.8 Å². The molecule has 6 nitrogen and oxygen atoms in total.